The molecule has 0 aromatic carbocycles. The Morgan fingerprint density at radius 2 is 0.713 bits per heavy atom. The number of esters is 2. The fourth-order valence-electron chi connectivity index (χ4n) is 9.31. The molecule has 0 aromatic heterocycles. The summed E-state index contributed by atoms with van der Waals surface area (Å²) in [7, 11) is 1.48. The van der Waals surface area contributed by atoms with Gasteiger partial charge in [0.05, 0.1) is 27.7 Å². The van der Waals surface area contributed by atoms with E-state index in [2.05, 4.69) is 98.9 Å². The molecule has 2 atom stereocenters. The number of phosphoric ester groups is 1. The van der Waals surface area contributed by atoms with E-state index in [1.165, 1.54) is 193 Å². The quantitative estimate of drug-likeness (QED) is 0.0211. The Morgan fingerprint density at radius 3 is 1.06 bits per heavy atom. The number of carbonyl (C=O) groups excluding carboxylic acids is 2. The Bertz CT molecular complexity index is 1630. The number of quaternary nitrogens is 1. The highest BCUT2D eigenvalue weighted by molar-refractivity contribution is 7.47. The van der Waals surface area contributed by atoms with Crippen molar-refractivity contribution in [3.63, 3.8) is 0 Å². The molecule has 0 aromatic rings. The first-order valence-corrected chi connectivity index (χ1v) is 34.8. The van der Waals surface area contributed by atoms with Crippen molar-refractivity contribution in [2.45, 2.75) is 302 Å². The van der Waals surface area contributed by atoms with Crippen molar-refractivity contribution in [3.05, 3.63) is 85.1 Å². The van der Waals surface area contributed by atoms with Gasteiger partial charge in [-0.2, -0.15) is 0 Å². The van der Waals surface area contributed by atoms with Crippen LogP contribution in [-0.4, -0.2) is 74.9 Å². The van der Waals surface area contributed by atoms with E-state index < -0.39 is 26.5 Å². The Labute approximate surface area is 494 Å². The van der Waals surface area contributed by atoms with Crippen LogP contribution in [0.25, 0.3) is 0 Å². The lowest BCUT2D eigenvalue weighted by Crippen LogP contribution is -2.37. The van der Waals surface area contributed by atoms with E-state index in [9.17, 15) is 19.0 Å². The average molecular weight is 1140 g/mol. The third-order valence-corrected chi connectivity index (χ3v) is 15.4. The summed E-state index contributed by atoms with van der Waals surface area (Å²) in [6.07, 6.45) is 82.4. The molecule has 0 spiro atoms. The molecule has 0 rings (SSSR count). The van der Waals surface area contributed by atoms with Crippen LogP contribution < -0.4 is 0 Å². The van der Waals surface area contributed by atoms with Gasteiger partial charge >= 0.3 is 19.8 Å². The van der Waals surface area contributed by atoms with Crippen LogP contribution in [0.4, 0.5) is 0 Å². The maximum atomic E-state index is 12.9. The fourth-order valence-corrected chi connectivity index (χ4v) is 10.1. The van der Waals surface area contributed by atoms with Gasteiger partial charge in [-0.05, 0) is 89.9 Å². The number of likely N-dealkylation sites (N-methyl/N-ethyl adjacent to an activating group) is 1. The maximum Gasteiger partial charge on any atom is 0.472 e. The number of allylic oxidation sites excluding steroid dienone is 14. The Balaban J connectivity index is 4.07. The first-order chi connectivity index (χ1) is 39.0. The third kappa shape index (κ3) is 64.4. The van der Waals surface area contributed by atoms with Gasteiger partial charge in [0.1, 0.15) is 19.8 Å². The zero-order valence-corrected chi connectivity index (χ0v) is 53.7. The zero-order chi connectivity index (χ0) is 58.4. The largest absolute Gasteiger partial charge is 0.472 e. The molecule has 0 aliphatic carbocycles. The summed E-state index contributed by atoms with van der Waals surface area (Å²) in [6.45, 7) is 4.34. The lowest BCUT2D eigenvalue weighted by atomic mass is 10.0. The number of rotatable bonds is 61. The smallest absolute Gasteiger partial charge is 0.462 e. The minimum atomic E-state index is -4.39. The Kier molecular flexibility index (Phi) is 58.6. The summed E-state index contributed by atoms with van der Waals surface area (Å²) in [4.78, 5) is 35.8. The molecule has 464 valence electrons. The van der Waals surface area contributed by atoms with Crippen LogP contribution in [0.1, 0.15) is 296 Å². The van der Waals surface area contributed by atoms with Crippen LogP contribution in [0.2, 0.25) is 0 Å². The third-order valence-electron chi connectivity index (χ3n) is 14.4. The van der Waals surface area contributed by atoms with E-state index in [4.69, 9.17) is 18.5 Å². The molecular formula is C70H127NO8P+. The predicted molar refractivity (Wildman–Crippen MR) is 344 cm³/mol. The van der Waals surface area contributed by atoms with Crippen LogP contribution in [0, 0.1) is 0 Å². The van der Waals surface area contributed by atoms with Gasteiger partial charge in [0.25, 0.3) is 0 Å². The van der Waals surface area contributed by atoms with Crippen LogP contribution in [-0.2, 0) is 32.7 Å². The van der Waals surface area contributed by atoms with E-state index in [1.54, 1.807) is 0 Å². The first-order valence-electron chi connectivity index (χ1n) is 33.3. The van der Waals surface area contributed by atoms with Gasteiger partial charge in [0.15, 0.2) is 6.10 Å². The van der Waals surface area contributed by atoms with Crippen molar-refractivity contribution < 1.29 is 42.1 Å². The van der Waals surface area contributed by atoms with Crippen molar-refractivity contribution in [2.24, 2.45) is 0 Å². The van der Waals surface area contributed by atoms with E-state index in [0.717, 1.165) is 70.6 Å². The van der Waals surface area contributed by atoms with Crippen LogP contribution in [0.15, 0.2) is 85.1 Å². The number of unbranched alkanes of at least 4 members (excludes halogenated alkanes) is 33. The first kappa shape index (κ1) is 77.2. The number of ether oxygens (including phenoxy) is 2. The summed E-state index contributed by atoms with van der Waals surface area (Å²) in [5.74, 6) is -0.793. The van der Waals surface area contributed by atoms with Gasteiger partial charge in [-0.25, -0.2) is 4.57 Å². The monoisotopic (exact) mass is 1140 g/mol. The molecule has 0 heterocycles. The van der Waals surface area contributed by atoms with E-state index in [-0.39, 0.29) is 32.0 Å². The topological polar surface area (TPSA) is 108 Å². The molecule has 0 bridgehead atoms. The SMILES string of the molecule is CC/C=C\C/C=C\C/C=C\C/C=C\CCCCCCCCCCCCCCCCCCCCC(=O)OC(COC(=O)CCCCCCCCCCCC/C=C\C/C=C\C/C=C\CCCCCCC)COP(=O)(O)OCC[N+](C)(C)C. The maximum absolute atomic E-state index is 12.9. The highest BCUT2D eigenvalue weighted by Gasteiger charge is 2.27. The zero-order valence-electron chi connectivity index (χ0n) is 52.8. The molecule has 0 saturated heterocycles. The van der Waals surface area contributed by atoms with Gasteiger partial charge in [0.2, 0.25) is 0 Å². The van der Waals surface area contributed by atoms with Gasteiger partial charge in [0, 0.05) is 12.8 Å². The summed E-state index contributed by atoms with van der Waals surface area (Å²) in [5.41, 5.74) is 0. The fraction of sp³-hybridized carbons (Fsp3) is 0.771. The summed E-state index contributed by atoms with van der Waals surface area (Å²) in [6, 6.07) is 0. The second-order valence-corrected chi connectivity index (χ2v) is 24.9. The van der Waals surface area contributed by atoms with Gasteiger partial charge in [-0.1, -0.05) is 279 Å². The summed E-state index contributed by atoms with van der Waals surface area (Å²) < 4.78 is 34.7. The van der Waals surface area contributed by atoms with Gasteiger partial charge in [-0.15, -0.1) is 0 Å². The van der Waals surface area contributed by atoms with Crippen molar-refractivity contribution in [1.29, 1.82) is 0 Å². The number of hydrogen-bond donors (Lipinski definition) is 1. The second kappa shape index (κ2) is 60.8. The van der Waals surface area contributed by atoms with E-state index in [1.807, 2.05) is 21.1 Å². The highest BCUT2D eigenvalue weighted by atomic mass is 31.2. The predicted octanol–water partition coefficient (Wildman–Crippen LogP) is 21.4. The standard InChI is InChI=1S/C70H126NO8P/c1-6-8-10-12-14-16-18-20-22-24-26-28-30-32-33-34-35-36-37-39-41-43-45-47-49-51-53-55-57-59-61-63-70(73)79-68(67-78-80(74,75)77-65-64-71(3,4)5)66-76-69(72)62-60-58-56-54-52-50-48-46-44-42-40-38-31-29-27-25-23-21-19-17-15-13-11-9-7-2/h8,10,14,16,19-22,25-28,31,38,68H,6-7,9,11-13,15,17-18,23-24,29-30,32-37,39-67H2,1-5H3/p+1/b10-8-,16-14-,21-19-,22-20-,27-25-,28-26-,38-31-. The highest BCUT2D eigenvalue weighted by Crippen LogP contribution is 2.43. The Morgan fingerprint density at radius 1 is 0.400 bits per heavy atom. The average Bonchev–Trinajstić information content (AvgIpc) is 3.42. The molecule has 1 N–H and O–H groups in total. The number of hydrogen-bond acceptors (Lipinski definition) is 7. The van der Waals surface area contributed by atoms with Crippen LogP contribution >= 0.6 is 7.82 Å². The molecule has 0 aliphatic heterocycles. The minimum Gasteiger partial charge on any atom is -0.462 e. The van der Waals surface area contributed by atoms with Crippen LogP contribution in [0.3, 0.4) is 0 Å². The van der Waals surface area contributed by atoms with E-state index >= 15 is 0 Å². The summed E-state index contributed by atoms with van der Waals surface area (Å²) in [5, 5.41) is 0. The minimum absolute atomic E-state index is 0.0294. The summed E-state index contributed by atoms with van der Waals surface area (Å²) >= 11 is 0. The van der Waals surface area contributed by atoms with Crippen LogP contribution in [0.5, 0.6) is 0 Å². The molecule has 0 fully saturated rings. The molecule has 80 heavy (non-hydrogen) atoms. The molecule has 0 amide bonds. The molecule has 10 heteroatoms. The van der Waals surface area contributed by atoms with Gasteiger partial charge in [-0.3, -0.25) is 18.6 Å². The van der Waals surface area contributed by atoms with E-state index in [0.29, 0.717) is 17.4 Å². The molecule has 0 saturated carbocycles. The molecule has 2 unspecified atom stereocenters. The van der Waals surface area contributed by atoms with Crippen molar-refractivity contribution in [3.8, 4) is 0 Å². The Hall–Kier alpha value is -2.81. The number of nitrogens with zero attached hydrogens (tertiary/aromatic N) is 1. The van der Waals surface area contributed by atoms with Crippen molar-refractivity contribution >= 4 is 19.8 Å². The lowest BCUT2D eigenvalue weighted by Gasteiger charge is -2.24. The number of phosphoric acid groups is 1. The molecule has 0 radical (unpaired) electrons. The number of carbonyl (C=O) groups is 2. The molecular weight excluding hydrogens is 1010 g/mol. The lowest BCUT2D eigenvalue weighted by molar-refractivity contribution is -0.870. The van der Waals surface area contributed by atoms with Crippen molar-refractivity contribution in [2.75, 3.05) is 47.5 Å². The van der Waals surface area contributed by atoms with Crippen molar-refractivity contribution in [1.82, 2.24) is 0 Å². The van der Waals surface area contributed by atoms with Gasteiger partial charge < -0.3 is 18.9 Å². The molecule has 9 nitrogen and oxygen atoms in total. The second-order valence-electron chi connectivity index (χ2n) is 23.5. The normalized spacial score (nSPS) is 13.7. The molecule has 0 aliphatic rings.